The van der Waals surface area contributed by atoms with Gasteiger partial charge in [0.1, 0.15) is 0 Å². The molecule has 96 valence electrons. The molecule has 1 unspecified atom stereocenters. The maximum Gasteiger partial charge on any atom is 0.0457 e. The van der Waals surface area contributed by atoms with Crippen molar-refractivity contribution in [3.8, 4) is 0 Å². The average Bonchev–Trinajstić information content (AvgIpc) is 2.89. The van der Waals surface area contributed by atoms with Crippen LogP contribution in [0.3, 0.4) is 0 Å². The van der Waals surface area contributed by atoms with E-state index in [0.29, 0.717) is 0 Å². The number of aromatic amines is 1. The third-order valence-electron chi connectivity index (χ3n) is 3.62. The zero-order valence-corrected chi connectivity index (χ0v) is 10.7. The molecule has 1 heterocycles. The van der Waals surface area contributed by atoms with Gasteiger partial charge in [0, 0.05) is 29.6 Å². The van der Waals surface area contributed by atoms with Crippen molar-refractivity contribution in [3.05, 3.63) is 71.9 Å². The number of para-hydroxylation sites is 1. The van der Waals surface area contributed by atoms with Crippen LogP contribution in [0.4, 0.5) is 0 Å². The molecule has 0 amide bonds. The van der Waals surface area contributed by atoms with Gasteiger partial charge in [-0.3, -0.25) is 0 Å². The Bertz CT molecular complexity index is 657. The average molecular weight is 251 g/mol. The quantitative estimate of drug-likeness (QED) is 0.729. The summed E-state index contributed by atoms with van der Waals surface area (Å²) in [6.07, 6.45) is 2.81. The lowest BCUT2D eigenvalue weighted by atomic mass is 9.88. The van der Waals surface area contributed by atoms with Crippen molar-refractivity contribution >= 4 is 10.9 Å². The second-order valence-electron chi connectivity index (χ2n) is 4.77. The molecular weight excluding hydrogens is 234 g/mol. The van der Waals surface area contributed by atoms with Gasteiger partial charge in [0.25, 0.3) is 0 Å². The monoisotopic (exact) mass is 251 g/mol. The molecule has 1 atom stereocenters. The summed E-state index contributed by atoms with van der Waals surface area (Å²) in [6.45, 7) is 0.194. The molecule has 0 aliphatic heterocycles. The van der Waals surface area contributed by atoms with Gasteiger partial charge < -0.3 is 10.1 Å². The first-order valence-electron chi connectivity index (χ1n) is 6.62. The number of hydrogen-bond acceptors (Lipinski definition) is 1. The summed E-state index contributed by atoms with van der Waals surface area (Å²) < 4.78 is 0. The Balaban J connectivity index is 2.10. The van der Waals surface area contributed by atoms with E-state index >= 15 is 0 Å². The van der Waals surface area contributed by atoms with Crippen LogP contribution in [0.2, 0.25) is 0 Å². The van der Waals surface area contributed by atoms with Crippen LogP contribution >= 0.6 is 0 Å². The Morgan fingerprint density at radius 3 is 2.47 bits per heavy atom. The van der Waals surface area contributed by atoms with Crippen molar-refractivity contribution in [2.45, 2.75) is 12.3 Å². The molecule has 0 spiro atoms. The Hall–Kier alpha value is -2.06. The van der Waals surface area contributed by atoms with Crippen molar-refractivity contribution in [1.29, 1.82) is 0 Å². The Morgan fingerprint density at radius 2 is 1.68 bits per heavy atom. The maximum absolute atomic E-state index is 9.36. The summed E-state index contributed by atoms with van der Waals surface area (Å²) in [5.41, 5.74) is 3.66. The molecule has 2 N–H and O–H groups in total. The van der Waals surface area contributed by atoms with E-state index in [0.717, 1.165) is 11.9 Å². The van der Waals surface area contributed by atoms with E-state index in [2.05, 4.69) is 53.6 Å². The predicted octanol–water partition coefficient (Wildman–Crippen LogP) is 3.68. The van der Waals surface area contributed by atoms with Crippen LogP contribution in [0.25, 0.3) is 10.9 Å². The summed E-state index contributed by atoms with van der Waals surface area (Å²) in [6, 6.07) is 18.7. The fourth-order valence-electron chi connectivity index (χ4n) is 2.70. The van der Waals surface area contributed by atoms with E-state index in [1.807, 2.05) is 12.1 Å². The van der Waals surface area contributed by atoms with Gasteiger partial charge in [0.05, 0.1) is 0 Å². The summed E-state index contributed by atoms with van der Waals surface area (Å²) >= 11 is 0. The number of nitrogens with one attached hydrogen (secondary N) is 1. The topological polar surface area (TPSA) is 36.0 Å². The van der Waals surface area contributed by atoms with Gasteiger partial charge in [-0.1, -0.05) is 48.5 Å². The van der Waals surface area contributed by atoms with Crippen molar-refractivity contribution in [2.75, 3.05) is 6.61 Å². The normalized spacial score (nSPS) is 12.7. The highest BCUT2D eigenvalue weighted by Crippen LogP contribution is 2.32. The predicted molar refractivity (Wildman–Crippen MR) is 78.3 cm³/mol. The Morgan fingerprint density at radius 1 is 0.947 bits per heavy atom. The standard InChI is InChI=1S/C17H17NO/c19-11-10-14(13-6-2-1-3-7-13)16-12-18-17-9-5-4-8-15(16)17/h1-9,12,14,18-19H,10-11H2. The van der Waals surface area contributed by atoms with Gasteiger partial charge >= 0.3 is 0 Å². The molecule has 0 fully saturated rings. The van der Waals surface area contributed by atoms with E-state index in [-0.39, 0.29) is 12.5 Å². The molecule has 3 aromatic rings. The highest BCUT2D eigenvalue weighted by atomic mass is 16.3. The van der Waals surface area contributed by atoms with Crippen LogP contribution in [0.15, 0.2) is 60.8 Å². The fourth-order valence-corrected chi connectivity index (χ4v) is 2.70. The molecule has 0 aliphatic carbocycles. The van der Waals surface area contributed by atoms with E-state index < -0.39 is 0 Å². The summed E-state index contributed by atoms with van der Waals surface area (Å²) in [5, 5.41) is 10.6. The van der Waals surface area contributed by atoms with Gasteiger partial charge in [-0.2, -0.15) is 0 Å². The van der Waals surface area contributed by atoms with Crippen LogP contribution in [0.5, 0.6) is 0 Å². The number of H-pyrrole nitrogens is 1. The van der Waals surface area contributed by atoms with Crippen LogP contribution in [0.1, 0.15) is 23.5 Å². The second kappa shape index (κ2) is 5.29. The summed E-state index contributed by atoms with van der Waals surface area (Å²) in [4.78, 5) is 3.32. The first kappa shape index (κ1) is 12.0. The Labute approximate surface area is 112 Å². The van der Waals surface area contributed by atoms with Crippen LogP contribution in [0, 0.1) is 0 Å². The molecule has 0 bridgehead atoms. The lowest BCUT2D eigenvalue weighted by Crippen LogP contribution is -2.02. The number of benzene rings is 2. The lowest BCUT2D eigenvalue weighted by molar-refractivity contribution is 0.282. The molecule has 2 aromatic carbocycles. The minimum absolute atomic E-state index is 0.194. The first-order chi connectivity index (χ1) is 9.40. The minimum atomic E-state index is 0.194. The third-order valence-corrected chi connectivity index (χ3v) is 3.62. The number of fused-ring (bicyclic) bond motifs is 1. The molecule has 0 saturated carbocycles. The van der Waals surface area contributed by atoms with E-state index in [9.17, 15) is 5.11 Å². The minimum Gasteiger partial charge on any atom is -0.396 e. The van der Waals surface area contributed by atoms with Gasteiger partial charge in [-0.05, 0) is 23.6 Å². The first-order valence-corrected chi connectivity index (χ1v) is 6.62. The van der Waals surface area contributed by atoms with Crippen molar-refractivity contribution in [1.82, 2.24) is 4.98 Å². The summed E-state index contributed by atoms with van der Waals surface area (Å²) in [5.74, 6) is 0.238. The Kier molecular flexibility index (Phi) is 3.34. The number of hydrogen-bond donors (Lipinski definition) is 2. The highest BCUT2D eigenvalue weighted by Gasteiger charge is 2.17. The number of aliphatic hydroxyl groups excluding tert-OH is 1. The van der Waals surface area contributed by atoms with Crippen molar-refractivity contribution in [2.24, 2.45) is 0 Å². The molecular formula is C17H17NO. The molecule has 0 aliphatic rings. The van der Waals surface area contributed by atoms with Crippen LogP contribution < -0.4 is 0 Å². The van der Waals surface area contributed by atoms with Crippen LogP contribution in [-0.4, -0.2) is 16.7 Å². The molecule has 1 aromatic heterocycles. The SMILES string of the molecule is OCCC(c1ccccc1)c1c[nH]c2ccccc12. The number of rotatable bonds is 4. The molecule has 2 heteroatoms. The third kappa shape index (κ3) is 2.27. The number of aliphatic hydroxyl groups is 1. The van der Waals surface area contributed by atoms with Gasteiger partial charge in [-0.15, -0.1) is 0 Å². The van der Waals surface area contributed by atoms with Crippen molar-refractivity contribution < 1.29 is 5.11 Å². The highest BCUT2D eigenvalue weighted by molar-refractivity contribution is 5.84. The maximum atomic E-state index is 9.36. The zero-order valence-electron chi connectivity index (χ0n) is 10.7. The van der Waals surface area contributed by atoms with E-state index in [1.54, 1.807) is 0 Å². The second-order valence-corrected chi connectivity index (χ2v) is 4.77. The number of aromatic nitrogens is 1. The van der Waals surface area contributed by atoms with E-state index in [1.165, 1.54) is 16.5 Å². The molecule has 19 heavy (non-hydrogen) atoms. The largest absolute Gasteiger partial charge is 0.396 e. The van der Waals surface area contributed by atoms with E-state index in [4.69, 9.17) is 0 Å². The van der Waals surface area contributed by atoms with Crippen LogP contribution in [-0.2, 0) is 0 Å². The summed E-state index contributed by atoms with van der Waals surface area (Å²) in [7, 11) is 0. The molecule has 0 saturated heterocycles. The van der Waals surface area contributed by atoms with Crippen molar-refractivity contribution in [3.63, 3.8) is 0 Å². The fraction of sp³-hybridized carbons (Fsp3) is 0.176. The van der Waals surface area contributed by atoms with Gasteiger partial charge in [0.2, 0.25) is 0 Å². The molecule has 3 rings (SSSR count). The molecule has 2 nitrogen and oxygen atoms in total. The zero-order chi connectivity index (χ0) is 13.1. The van der Waals surface area contributed by atoms with Gasteiger partial charge in [-0.25, -0.2) is 0 Å². The smallest absolute Gasteiger partial charge is 0.0457 e. The van der Waals surface area contributed by atoms with Gasteiger partial charge in [0.15, 0.2) is 0 Å². The molecule has 0 radical (unpaired) electrons. The lowest BCUT2D eigenvalue weighted by Gasteiger charge is -2.15.